The quantitative estimate of drug-likeness (QED) is 0.499. The zero-order valence-electron chi connectivity index (χ0n) is 12.2. The molecular weight excluding hydrogens is 331 g/mol. The van der Waals surface area contributed by atoms with Crippen molar-refractivity contribution in [1.82, 2.24) is 5.32 Å². The van der Waals surface area contributed by atoms with Gasteiger partial charge in [-0.2, -0.15) is 0 Å². The molecule has 1 aliphatic heterocycles. The highest BCUT2D eigenvalue weighted by Gasteiger charge is 2.35. The summed E-state index contributed by atoms with van der Waals surface area (Å²) in [5.41, 5.74) is 0.196. The third-order valence-electron chi connectivity index (χ3n) is 3.38. The van der Waals surface area contributed by atoms with Crippen LogP contribution in [0.2, 0.25) is 0 Å². The molecule has 0 radical (unpaired) electrons. The summed E-state index contributed by atoms with van der Waals surface area (Å²) in [5, 5.41) is 11.7. The maximum Gasteiger partial charge on any atom is 0.270 e. The van der Waals surface area contributed by atoms with E-state index >= 15 is 0 Å². The first-order valence-corrected chi connectivity index (χ1v) is 7.33. The molecule has 0 unspecified atom stereocenters. The molecule has 1 saturated heterocycles. The van der Waals surface area contributed by atoms with E-state index in [2.05, 4.69) is 5.32 Å². The summed E-state index contributed by atoms with van der Waals surface area (Å²) >= 11 is 5.00. The Kier molecular flexibility index (Phi) is 4.09. The van der Waals surface area contributed by atoms with Crippen LogP contribution in [0.3, 0.4) is 0 Å². The van der Waals surface area contributed by atoms with Crippen LogP contribution in [-0.4, -0.2) is 22.0 Å². The van der Waals surface area contributed by atoms with Crippen LogP contribution in [0.25, 0.3) is 6.08 Å². The number of halogens is 1. The number of nitrogens with one attached hydrogen (secondary N) is 1. The minimum absolute atomic E-state index is 0.00510. The Labute approximate surface area is 142 Å². The van der Waals surface area contributed by atoms with Crippen molar-refractivity contribution in [1.29, 1.82) is 0 Å². The smallest absolute Gasteiger partial charge is 0.270 e. The Balaban J connectivity index is 2.05. The molecule has 5 nitrogen and oxygen atoms in total. The fraction of sp³-hybridized carbons (Fsp3) is 0. The SMILES string of the molecule is O=C1NC(=S)N(c2ccccc2F)C(=O)/C1=C/c1cccc(O)c1. The molecule has 3 rings (SSSR count). The van der Waals surface area contributed by atoms with Crippen molar-refractivity contribution in [3.63, 3.8) is 0 Å². The zero-order chi connectivity index (χ0) is 17.3. The first-order chi connectivity index (χ1) is 11.5. The van der Waals surface area contributed by atoms with Crippen LogP contribution in [0, 0.1) is 5.82 Å². The summed E-state index contributed by atoms with van der Waals surface area (Å²) in [6.45, 7) is 0. The van der Waals surface area contributed by atoms with Crippen LogP contribution in [0.4, 0.5) is 10.1 Å². The van der Waals surface area contributed by atoms with Gasteiger partial charge in [-0.1, -0.05) is 24.3 Å². The maximum absolute atomic E-state index is 14.0. The normalized spacial score (nSPS) is 16.5. The summed E-state index contributed by atoms with van der Waals surface area (Å²) in [4.78, 5) is 25.7. The van der Waals surface area contributed by atoms with Gasteiger partial charge < -0.3 is 5.11 Å². The summed E-state index contributed by atoms with van der Waals surface area (Å²) in [6, 6.07) is 11.7. The van der Waals surface area contributed by atoms with E-state index in [0.717, 1.165) is 4.90 Å². The Morgan fingerprint density at radius 1 is 1.12 bits per heavy atom. The van der Waals surface area contributed by atoms with E-state index in [1.165, 1.54) is 36.4 Å². The Hall–Kier alpha value is -3.06. The Morgan fingerprint density at radius 2 is 1.88 bits per heavy atom. The average molecular weight is 342 g/mol. The number of phenols is 1. The number of carbonyl (C=O) groups excluding carboxylic acids is 2. The van der Waals surface area contributed by atoms with Gasteiger partial charge in [-0.15, -0.1) is 0 Å². The molecule has 0 bridgehead atoms. The maximum atomic E-state index is 14.0. The van der Waals surface area contributed by atoms with E-state index in [0.29, 0.717) is 5.56 Å². The van der Waals surface area contributed by atoms with Crippen LogP contribution in [-0.2, 0) is 9.59 Å². The topological polar surface area (TPSA) is 69.6 Å². The van der Waals surface area contributed by atoms with Gasteiger partial charge in [0.1, 0.15) is 17.1 Å². The molecule has 7 heteroatoms. The Bertz CT molecular complexity index is 895. The highest BCUT2D eigenvalue weighted by Crippen LogP contribution is 2.25. The van der Waals surface area contributed by atoms with Gasteiger partial charge in [0.25, 0.3) is 11.8 Å². The third kappa shape index (κ3) is 2.89. The molecule has 1 aliphatic rings. The molecule has 2 N–H and O–H groups in total. The fourth-order valence-corrected chi connectivity index (χ4v) is 2.56. The fourth-order valence-electron chi connectivity index (χ4n) is 2.29. The van der Waals surface area contributed by atoms with Gasteiger partial charge in [0, 0.05) is 0 Å². The molecule has 0 spiro atoms. The number of benzene rings is 2. The monoisotopic (exact) mass is 342 g/mol. The first kappa shape index (κ1) is 15.8. The third-order valence-corrected chi connectivity index (χ3v) is 3.66. The second kappa shape index (κ2) is 6.21. The summed E-state index contributed by atoms with van der Waals surface area (Å²) < 4.78 is 14.0. The number of nitrogens with zero attached hydrogens (tertiary/aromatic N) is 1. The number of thiocarbonyl (C=S) groups is 1. The highest BCUT2D eigenvalue weighted by molar-refractivity contribution is 7.80. The molecule has 0 saturated carbocycles. The van der Waals surface area contributed by atoms with Gasteiger partial charge in [-0.3, -0.25) is 14.9 Å². The van der Waals surface area contributed by atoms with Gasteiger partial charge in [0.2, 0.25) is 0 Å². The summed E-state index contributed by atoms with van der Waals surface area (Å²) in [6.07, 6.45) is 1.31. The summed E-state index contributed by atoms with van der Waals surface area (Å²) in [7, 11) is 0. The number of phenolic OH excluding ortho intramolecular Hbond substituents is 1. The minimum atomic E-state index is -0.739. The van der Waals surface area contributed by atoms with Gasteiger partial charge in [-0.25, -0.2) is 9.29 Å². The first-order valence-electron chi connectivity index (χ1n) is 6.92. The van der Waals surface area contributed by atoms with Crippen molar-refractivity contribution in [2.75, 3.05) is 4.90 Å². The van der Waals surface area contributed by atoms with Crippen molar-refractivity contribution in [2.45, 2.75) is 0 Å². The Morgan fingerprint density at radius 3 is 2.58 bits per heavy atom. The number of carbonyl (C=O) groups is 2. The van der Waals surface area contributed by atoms with Gasteiger partial charge >= 0.3 is 0 Å². The van der Waals surface area contributed by atoms with Crippen LogP contribution in [0.15, 0.2) is 54.1 Å². The molecule has 120 valence electrons. The average Bonchev–Trinajstić information content (AvgIpc) is 2.53. The number of aromatic hydroxyl groups is 1. The number of rotatable bonds is 2. The molecule has 2 aromatic carbocycles. The largest absolute Gasteiger partial charge is 0.508 e. The van der Waals surface area contributed by atoms with Crippen molar-refractivity contribution in [3.05, 3.63) is 65.5 Å². The number of anilines is 1. The van der Waals surface area contributed by atoms with Crippen LogP contribution in [0.1, 0.15) is 5.56 Å². The second-order valence-electron chi connectivity index (χ2n) is 5.00. The van der Waals surface area contributed by atoms with Crippen molar-refractivity contribution < 1.29 is 19.1 Å². The molecule has 0 aliphatic carbocycles. The molecular formula is C17H11FN2O3S. The lowest BCUT2D eigenvalue weighted by Crippen LogP contribution is -2.54. The zero-order valence-corrected chi connectivity index (χ0v) is 13.0. The lowest BCUT2D eigenvalue weighted by Gasteiger charge is -2.29. The van der Waals surface area contributed by atoms with Crippen LogP contribution in [0.5, 0.6) is 5.75 Å². The van der Waals surface area contributed by atoms with E-state index in [1.54, 1.807) is 18.2 Å². The van der Waals surface area contributed by atoms with E-state index < -0.39 is 17.6 Å². The number of hydrogen-bond donors (Lipinski definition) is 2. The molecule has 0 aromatic heterocycles. The summed E-state index contributed by atoms with van der Waals surface area (Å²) in [5.74, 6) is -2.06. The number of para-hydroxylation sites is 1. The second-order valence-corrected chi connectivity index (χ2v) is 5.39. The minimum Gasteiger partial charge on any atom is -0.508 e. The standard InChI is InChI=1S/C17H11FN2O3S/c18-13-6-1-2-7-14(13)20-16(23)12(15(22)19-17(20)24)9-10-4-3-5-11(21)8-10/h1-9,21H,(H,19,22,24)/b12-9+. The van der Waals surface area contributed by atoms with E-state index in [9.17, 15) is 19.1 Å². The van der Waals surface area contributed by atoms with Gasteiger partial charge in [0.15, 0.2) is 5.11 Å². The van der Waals surface area contributed by atoms with Crippen molar-refractivity contribution in [2.24, 2.45) is 0 Å². The van der Waals surface area contributed by atoms with E-state index in [4.69, 9.17) is 12.2 Å². The number of amides is 2. The molecule has 24 heavy (non-hydrogen) atoms. The predicted octanol–water partition coefficient (Wildman–Crippen LogP) is 2.36. The molecule has 2 aromatic rings. The van der Waals surface area contributed by atoms with Gasteiger partial charge in [0.05, 0.1) is 5.69 Å². The van der Waals surface area contributed by atoms with Crippen molar-refractivity contribution >= 4 is 40.9 Å². The lowest BCUT2D eigenvalue weighted by molar-refractivity contribution is -0.122. The van der Waals surface area contributed by atoms with E-state index in [-0.39, 0.29) is 22.1 Å². The van der Waals surface area contributed by atoms with Crippen molar-refractivity contribution in [3.8, 4) is 5.75 Å². The number of hydrogen-bond acceptors (Lipinski definition) is 4. The van der Waals surface area contributed by atoms with Gasteiger partial charge in [-0.05, 0) is 48.1 Å². The van der Waals surface area contributed by atoms with E-state index in [1.807, 2.05) is 0 Å². The predicted molar refractivity (Wildman–Crippen MR) is 90.7 cm³/mol. The highest BCUT2D eigenvalue weighted by atomic mass is 32.1. The molecule has 0 atom stereocenters. The van der Waals surface area contributed by atoms with Crippen LogP contribution < -0.4 is 10.2 Å². The lowest BCUT2D eigenvalue weighted by atomic mass is 10.1. The molecule has 2 amide bonds. The molecule has 1 heterocycles. The van der Waals surface area contributed by atoms with Crippen LogP contribution >= 0.6 is 12.2 Å². The molecule has 1 fully saturated rings.